The molecule has 7 heteroatoms. The van der Waals surface area contributed by atoms with Crippen LogP contribution in [0.5, 0.6) is 0 Å². The molecule has 0 bridgehead atoms. The van der Waals surface area contributed by atoms with E-state index in [-0.39, 0.29) is 5.91 Å². The van der Waals surface area contributed by atoms with Crippen LogP contribution in [0.3, 0.4) is 0 Å². The lowest BCUT2D eigenvalue weighted by Gasteiger charge is -2.20. The summed E-state index contributed by atoms with van der Waals surface area (Å²) < 4.78 is 0. The van der Waals surface area contributed by atoms with Gasteiger partial charge in [0, 0.05) is 37.8 Å². The summed E-state index contributed by atoms with van der Waals surface area (Å²) >= 11 is 0. The van der Waals surface area contributed by atoms with Crippen LogP contribution in [0.1, 0.15) is 30.0 Å². The van der Waals surface area contributed by atoms with E-state index in [1.807, 2.05) is 19.9 Å². The van der Waals surface area contributed by atoms with E-state index in [1.54, 1.807) is 29.6 Å². The van der Waals surface area contributed by atoms with Crippen LogP contribution in [-0.2, 0) is 0 Å². The summed E-state index contributed by atoms with van der Waals surface area (Å²) in [5.41, 5.74) is 8.11. The number of nitrogens with zero attached hydrogens (tertiary/aromatic N) is 4. The van der Waals surface area contributed by atoms with Crippen LogP contribution in [0.2, 0.25) is 0 Å². The highest BCUT2D eigenvalue weighted by Crippen LogP contribution is 2.22. The third kappa shape index (κ3) is 3.89. The third-order valence-corrected chi connectivity index (χ3v) is 3.11. The largest absolute Gasteiger partial charge is 0.349 e. The number of rotatable bonds is 5. The molecule has 3 N–H and O–H groups in total. The lowest BCUT2D eigenvalue weighted by molar-refractivity contribution is 0.0949. The van der Waals surface area contributed by atoms with E-state index in [9.17, 15) is 4.79 Å². The summed E-state index contributed by atoms with van der Waals surface area (Å²) in [6.45, 7) is 8.24. The number of nitrogens with one attached hydrogen (secondary N) is 1. The van der Waals surface area contributed by atoms with Crippen LogP contribution >= 0.6 is 0 Å². The number of hydrogen-bond acceptors (Lipinski definition) is 6. The minimum absolute atomic E-state index is 0.255. The van der Waals surface area contributed by atoms with E-state index in [2.05, 4.69) is 27.1 Å². The molecule has 0 aliphatic carbocycles. The van der Waals surface area contributed by atoms with Gasteiger partial charge in [0.15, 0.2) is 5.82 Å². The Hall–Kier alpha value is -2.80. The Morgan fingerprint density at radius 3 is 2.87 bits per heavy atom. The van der Waals surface area contributed by atoms with Crippen molar-refractivity contribution in [1.29, 1.82) is 0 Å². The molecule has 0 aromatic carbocycles. The molecule has 2 heterocycles. The number of allylic oxidation sites excluding steroid dienone is 2. The van der Waals surface area contributed by atoms with E-state index < -0.39 is 0 Å². The molecule has 0 fully saturated rings. The highest BCUT2D eigenvalue weighted by molar-refractivity contribution is 6.10. The van der Waals surface area contributed by atoms with Gasteiger partial charge in [-0.1, -0.05) is 6.07 Å². The van der Waals surface area contributed by atoms with Crippen molar-refractivity contribution in [1.82, 2.24) is 15.3 Å². The van der Waals surface area contributed by atoms with Gasteiger partial charge in [-0.3, -0.25) is 4.79 Å². The maximum atomic E-state index is 12.0. The fourth-order valence-electron chi connectivity index (χ4n) is 2.01. The normalized spacial score (nSPS) is 13.6. The first-order chi connectivity index (χ1) is 11.1. The van der Waals surface area contributed by atoms with Crippen molar-refractivity contribution >= 4 is 24.4 Å². The molecular weight excluding hydrogens is 292 g/mol. The van der Waals surface area contributed by atoms with Crippen LogP contribution in [0.25, 0.3) is 5.57 Å². The number of carbonyl (C=O) groups is 1. The molecule has 1 aromatic rings. The van der Waals surface area contributed by atoms with Gasteiger partial charge in [0.25, 0.3) is 5.91 Å². The minimum Gasteiger partial charge on any atom is -0.349 e. The second-order valence-corrected chi connectivity index (χ2v) is 5.10. The number of amides is 1. The van der Waals surface area contributed by atoms with Gasteiger partial charge in [-0.25, -0.2) is 15.0 Å². The van der Waals surface area contributed by atoms with Crippen molar-refractivity contribution in [2.45, 2.75) is 13.8 Å². The number of aliphatic imine (C=N–C) groups is 1. The van der Waals surface area contributed by atoms with E-state index >= 15 is 0 Å². The molecule has 0 saturated carbocycles. The van der Waals surface area contributed by atoms with Crippen molar-refractivity contribution in [2.75, 3.05) is 13.1 Å². The maximum Gasteiger partial charge on any atom is 0.269 e. The van der Waals surface area contributed by atoms with E-state index in [0.29, 0.717) is 24.5 Å². The number of pyridine rings is 1. The standard InChI is InChI=1S/C16H20N6O/c1-11(2)15-20-9-12(10-22(15)18-3)13-5-4-6-14(21-13)16(23)19-8-7-17/h4-6,9-10H,3,7-8,17H2,1-2H3,(H,19,23). The smallest absolute Gasteiger partial charge is 0.269 e. The highest BCUT2D eigenvalue weighted by Gasteiger charge is 2.15. The summed E-state index contributed by atoms with van der Waals surface area (Å²) in [4.78, 5) is 20.7. The van der Waals surface area contributed by atoms with Gasteiger partial charge < -0.3 is 11.1 Å². The Bertz CT molecular complexity index is 700. The molecule has 1 aromatic heterocycles. The molecule has 120 valence electrons. The monoisotopic (exact) mass is 312 g/mol. The number of nitrogens with two attached hydrogens (primary N) is 1. The SMILES string of the molecule is C=NN1C=C(c2cccc(C(=O)NCCN)n2)C=NC1=C(C)C. The van der Waals surface area contributed by atoms with Gasteiger partial charge in [-0.05, 0) is 31.6 Å². The average molecular weight is 312 g/mol. The molecule has 23 heavy (non-hydrogen) atoms. The van der Waals surface area contributed by atoms with Crippen molar-refractivity contribution in [2.24, 2.45) is 15.8 Å². The topological polar surface area (TPSA) is 96.0 Å². The van der Waals surface area contributed by atoms with E-state index in [0.717, 1.165) is 17.0 Å². The first-order valence-corrected chi connectivity index (χ1v) is 7.21. The molecule has 2 rings (SSSR count). The summed E-state index contributed by atoms with van der Waals surface area (Å²) in [7, 11) is 0. The fraction of sp³-hybridized carbons (Fsp3) is 0.250. The lowest BCUT2D eigenvalue weighted by atomic mass is 10.1. The molecule has 1 aliphatic heterocycles. The molecule has 0 radical (unpaired) electrons. The molecule has 1 aliphatic rings. The molecular formula is C16H20N6O. The summed E-state index contributed by atoms with van der Waals surface area (Å²) in [6, 6.07) is 5.24. The van der Waals surface area contributed by atoms with Crippen molar-refractivity contribution < 1.29 is 4.79 Å². The molecule has 0 saturated heterocycles. The van der Waals surface area contributed by atoms with E-state index in [1.165, 1.54) is 0 Å². The number of hydrazone groups is 1. The Kier molecular flexibility index (Phi) is 5.37. The zero-order valence-electron chi connectivity index (χ0n) is 13.3. The van der Waals surface area contributed by atoms with Gasteiger partial charge in [0.1, 0.15) is 5.69 Å². The maximum absolute atomic E-state index is 12.0. The first kappa shape index (κ1) is 16.6. The van der Waals surface area contributed by atoms with Crippen LogP contribution in [0.4, 0.5) is 0 Å². The van der Waals surface area contributed by atoms with Gasteiger partial charge in [-0.2, -0.15) is 5.10 Å². The first-order valence-electron chi connectivity index (χ1n) is 7.21. The van der Waals surface area contributed by atoms with Gasteiger partial charge in [-0.15, -0.1) is 0 Å². The summed E-state index contributed by atoms with van der Waals surface area (Å²) in [6.07, 6.45) is 3.49. The zero-order valence-corrected chi connectivity index (χ0v) is 13.3. The molecule has 0 unspecified atom stereocenters. The minimum atomic E-state index is -0.255. The van der Waals surface area contributed by atoms with Gasteiger partial charge in [0.2, 0.25) is 0 Å². The Labute approximate surface area is 135 Å². The third-order valence-electron chi connectivity index (χ3n) is 3.11. The average Bonchev–Trinajstić information content (AvgIpc) is 2.59. The summed E-state index contributed by atoms with van der Waals surface area (Å²) in [5, 5.41) is 8.22. The second-order valence-electron chi connectivity index (χ2n) is 5.10. The molecule has 0 atom stereocenters. The Morgan fingerprint density at radius 1 is 1.43 bits per heavy atom. The summed E-state index contributed by atoms with van der Waals surface area (Å²) in [5.74, 6) is 0.468. The van der Waals surface area contributed by atoms with Crippen LogP contribution in [-0.4, -0.2) is 41.9 Å². The van der Waals surface area contributed by atoms with Crippen LogP contribution < -0.4 is 11.1 Å². The highest BCUT2D eigenvalue weighted by atomic mass is 16.1. The number of hydrogen-bond donors (Lipinski definition) is 2. The van der Waals surface area contributed by atoms with E-state index in [4.69, 9.17) is 5.73 Å². The number of carbonyl (C=O) groups excluding carboxylic acids is 1. The van der Waals surface area contributed by atoms with Gasteiger partial charge >= 0.3 is 0 Å². The predicted molar refractivity (Wildman–Crippen MR) is 91.9 cm³/mol. The zero-order chi connectivity index (χ0) is 16.8. The lowest BCUT2D eigenvalue weighted by Crippen LogP contribution is -2.29. The quantitative estimate of drug-likeness (QED) is 0.802. The number of aromatic nitrogens is 1. The van der Waals surface area contributed by atoms with Crippen molar-refractivity contribution in [3.8, 4) is 0 Å². The van der Waals surface area contributed by atoms with Crippen molar-refractivity contribution in [3.05, 3.63) is 47.2 Å². The molecule has 1 amide bonds. The van der Waals surface area contributed by atoms with Crippen molar-refractivity contribution in [3.63, 3.8) is 0 Å². The van der Waals surface area contributed by atoms with Gasteiger partial charge in [0.05, 0.1) is 5.69 Å². The second kappa shape index (κ2) is 7.46. The fourth-order valence-corrected chi connectivity index (χ4v) is 2.01. The molecule has 0 spiro atoms. The Morgan fingerprint density at radius 2 is 2.22 bits per heavy atom. The van der Waals surface area contributed by atoms with Crippen LogP contribution in [0, 0.1) is 0 Å². The van der Waals surface area contributed by atoms with Crippen LogP contribution in [0.15, 0.2) is 45.9 Å². The Balaban J connectivity index is 2.29. The molecule has 7 nitrogen and oxygen atoms in total. The predicted octanol–water partition coefficient (Wildman–Crippen LogP) is 1.36.